The van der Waals surface area contributed by atoms with Gasteiger partial charge >= 0.3 is 0 Å². The van der Waals surface area contributed by atoms with Crippen LogP contribution in [0.15, 0.2) is 194 Å². The van der Waals surface area contributed by atoms with Gasteiger partial charge < -0.3 is 0 Å². The van der Waals surface area contributed by atoms with Crippen LogP contribution in [0.2, 0.25) is 0 Å². The molecule has 0 atom stereocenters. The maximum Gasteiger partial charge on any atom is 0.0979 e. The normalized spacial score (nSPS) is 11.9. The summed E-state index contributed by atoms with van der Waals surface area (Å²) in [5.41, 5.74) is 11.1. The van der Waals surface area contributed by atoms with Crippen LogP contribution in [0.5, 0.6) is 0 Å². The lowest BCUT2D eigenvalue weighted by Gasteiger charge is -2.16. The van der Waals surface area contributed by atoms with Crippen LogP contribution in [-0.2, 0) is 0 Å². The van der Waals surface area contributed by atoms with Crippen LogP contribution in [0.3, 0.4) is 0 Å². The predicted molar refractivity (Wildman–Crippen MR) is 244 cm³/mol. The number of aromatic nitrogens is 2. The first-order chi connectivity index (χ1) is 28.3. The Hall–Kier alpha value is -7.20. The lowest BCUT2D eigenvalue weighted by molar-refractivity contribution is 1.31. The summed E-state index contributed by atoms with van der Waals surface area (Å²) in [7, 11) is 0. The van der Waals surface area contributed by atoms with Crippen molar-refractivity contribution in [2.24, 2.45) is 0 Å². The van der Waals surface area contributed by atoms with Gasteiger partial charge in [-0.3, -0.25) is 4.98 Å². The Morgan fingerprint density at radius 3 is 1.54 bits per heavy atom. The molecule has 0 unspecified atom stereocenters. The summed E-state index contributed by atoms with van der Waals surface area (Å²) in [4.78, 5) is 10.3. The average Bonchev–Trinajstić information content (AvgIpc) is 3.66. The van der Waals surface area contributed by atoms with Gasteiger partial charge in [0.1, 0.15) is 0 Å². The van der Waals surface area contributed by atoms with Crippen LogP contribution in [0, 0.1) is 0 Å². The highest BCUT2D eigenvalue weighted by molar-refractivity contribution is 7.25. The van der Waals surface area contributed by atoms with Crippen molar-refractivity contribution >= 4 is 85.6 Å². The number of rotatable bonds is 4. The molecule has 57 heavy (non-hydrogen) atoms. The van der Waals surface area contributed by atoms with Crippen LogP contribution in [0.1, 0.15) is 0 Å². The van der Waals surface area contributed by atoms with Crippen molar-refractivity contribution in [1.29, 1.82) is 0 Å². The van der Waals surface area contributed by atoms with Crippen molar-refractivity contribution in [3.63, 3.8) is 0 Å². The topological polar surface area (TPSA) is 25.8 Å². The molecule has 2 nitrogen and oxygen atoms in total. The van der Waals surface area contributed by atoms with E-state index in [9.17, 15) is 0 Å². The number of benzene rings is 10. The van der Waals surface area contributed by atoms with E-state index in [1.807, 2.05) is 17.5 Å². The molecule has 3 heteroatoms. The molecule has 0 aliphatic rings. The summed E-state index contributed by atoms with van der Waals surface area (Å²) in [6, 6.07) is 68.4. The van der Waals surface area contributed by atoms with Gasteiger partial charge in [0.05, 0.1) is 22.9 Å². The summed E-state index contributed by atoms with van der Waals surface area (Å²) in [6.45, 7) is 0. The standard InChI is InChI=1S/C54H32N2S/c1-2-15-40-38(14-1)37(34-26-29-52-49(31-34)46-18-7-8-25-51(46)57-52)27-28-45(40)42-24-11-22-39-36(21-10-23-41(39)42)33-12-9-13-35(30-33)50-32-55-53-47-19-5-3-16-43(47)44-17-4-6-20-48(44)54(53)56-50/h1-32H. The molecule has 10 aromatic carbocycles. The van der Waals surface area contributed by atoms with E-state index in [1.54, 1.807) is 0 Å². The first-order valence-corrected chi connectivity index (χ1v) is 20.2. The van der Waals surface area contributed by atoms with Crippen LogP contribution in [0.25, 0.3) is 119 Å². The van der Waals surface area contributed by atoms with E-state index in [-0.39, 0.29) is 0 Å². The fourth-order valence-electron chi connectivity index (χ4n) is 9.08. The van der Waals surface area contributed by atoms with Crippen molar-refractivity contribution in [3.05, 3.63) is 194 Å². The van der Waals surface area contributed by atoms with Gasteiger partial charge in [-0.05, 0) is 90.0 Å². The molecular weight excluding hydrogens is 709 g/mol. The van der Waals surface area contributed by atoms with Gasteiger partial charge in [-0.1, -0.05) is 164 Å². The van der Waals surface area contributed by atoms with E-state index < -0.39 is 0 Å². The largest absolute Gasteiger partial charge is 0.252 e. The zero-order valence-corrected chi connectivity index (χ0v) is 31.6. The van der Waals surface area contributed by atoms with Crippen LogP contribution < -0.4 is 0 Å². The first kappa shape index (κ1) is 32.1. The molecule has 0 spiro atoms. The monoisotopic (exact) mass is 740 g/mol. The molecule has 0 saturated carbocycles. The number of hydrogen-bond acceptors (Lipinski definition) is 3. The Labute approximate surface area is 333 Å². The van der Waals surface area contributed by atoms with Crippen molar-refractivity contribution in [2.45, 2.75) is 0 Å². The molecule has 0 bridgehead atoms. The van der Waals surface area contributed by atoms with Crippen LogP contribution >= 0.6 is 11.3 Å². The van der Waals surface area contributed by atoms with Crippen molar-refractivity contribution < 1.29 is 0 Å². The van der Waals surface area contributed by atoms with Gasteiger partial charge in [0, 0.05) is 36.5 Å². The van der Waals surface area contributed by atoms with Gasteiger partial charge in [-0.2, -0.15) is 0 Å². The molecule has 0 N–H and O–H groups in total. The van der Waals surface area contributed by atoms with Crippen molar-refractivity contribution in [2.75, 3.05) is 0 Å². The molecule has 2 heterocycles. The van der Waals surface area contributed by atoms with Gasteiger partial charge in [-0.15, -0.1) is 11.3 Å². The van der Waals surface area contributed by atoms with Crippen LogP contribution in [0.4, 0.5) is 0 Å². The number of hydrogen-bond donors (Lipinski definition) is 0. The molecule has 0 amide bonds. The van der Waals surface area contributed by atoms with E-state index >= 15 is 0 Å². The fraction of sp³-hybridized carbons (Fsp3) is 0. The fourth-order valence-corrected chi connectivity index (χ4v) is 10.2. The highest BCUT2D eigenvalue weighted by Crippen LogP contribution is 2.43. The number of thiophene rings is 1. The van der Waals surface area contributed by atoms with Crippen molar-refractivity contribution in [1.82, 2.24) is 9.97 Å². The third-order valence-corrected chi connectivity index (χ3v) is 12.9. The second kappa shape index (κ2) is 12.7. The summed E-state index contributed by atoms with van der Waals surface area (Å²) in [5.74, 6) is 0. The average molecular weight is 741 g/mol. The maximum atomic E-state index is 5.30. The minimum absolute atomic E-state index is 0.864. The highest BCUT2D eigenvalue weighted by Gasteiger charge is 2.16. The summed E-state index contributed by atoms with van der Waals surface area (Å²) in [6.07, 6.45) is 1.93. The smallest absolute Gasteiger partial charge is 0.0979 e. The number of fused-ring (bicyclic) bond motifs is 11. The maximum absolute atomic E-state index is 5.30. The van der Waals surface area contributed by atoms with Crippen LogP contribution in [-0.4, -0.2) is 9.97 Å². The molecule has 0 radical (unpaired) electrons. The van der Waals surface area contributed by atoms with Gasteiger partial charge in [0.25, 0.3) is 0 Å². The zero-order chi connectivity index (χ0) is 37.5. The van der Waals surface area contributed by atoms with E-state index in [0.29, 0.717) is 0 Å². The summed E-state index contributed by atoms with van der Waals surface area (Å²) in [5, 5.41) is 12.2. The molecule has 12 rings (SSSR count). The quantitative estimate of drug-likeness (QED) is 0.168. The third kappa shape index (κ3) is 5.03. The summed E-state index contributed by atoms with van der Waals surface area (Å²) >= 11 is 1.86. The molecule has 12 aromatic rings. The Morgan fingerprint density at radius 1 is 0.298 bits per heavy atom. The van der Waals surface area contributed by atoms with E-state index in [2.05, 4.69) is 188 Å². The highest BCUT2D eigenvalue weighted by atomic mass is 32.1. The summed E-state index contributed by atoms with van der Waals surface area (Å²) < 4.78 is 2.65. The van der Waals surface area contributed by atoms with Gasteiger partial charge in [0.15, 0.2) is 0 Å². The molecular formula is C54H32N2S. The molecule has 0 fully saturated rings. The predicted octanol–water partition coefficient (Wildman–Crippen LogP) is 15.3. The van der Waals surface area contributed by atoms with Gasteiger partial charge in [0.2, 0.25) is 0 Å². The second-order valence-electron chi connectivity index (χ2n) is 14.8. The van der Waals surface area contributed by atoms with E-state index in [0.717, 1.165) is 38.6 Å². The Balaban J connectivity index is 0.975. The zero-order valence-electron chi connectivity index (χ0n) is 30.8. The Kier molecular flexibility index (Phi) is 7.13. The Morgan fingerprint density at radius 2 is 0.789 bits per heavy atom. The lowest BCUT2D eigenvalue weighted by Crippen LogP contribution is -1.92. The van der Waals surface area contributed by atoms with E-state index in [1.165, 1.54) is 80.3 Å². The SMILES string of the molecule is c1cc(-c2cnc3c4ccccc4c4ccccc4c3n2)cc(-c2cccc3c(-c4ccc(-c5ccc6sc7ccccc7c6c5)c5ccccc45)cccc23)c1. The molecule has 2 aromatic heterocycles. The van der Waals surface area contributed by atoms with E-state index in [4.69, 9.17) is 9.97 Å². The van der Waals surface area contributed by atoms with Gasteiger partial charge in [-0.25, -0.2) is 4.98 Å². The minimum atomic E-state index is 0.864. The second-order valence-corrected chi connectivity index (χ2v) is 15.9. The lowest BCUT2D eigenvalue weighted by atomic mass is 9.88. The third-order valence-electron chi connectivity index (χ3n) is 11.7. The van der Waals surface area contributed by atoms with Crippen molar-refractivity contribution in [3.8, 4) is 44.6 Å². The Bertz CT molecular complexity index is 3560. The molecule has 0 aliphatic heterocycles. The first-order valence-electron chi connectivity index (χ1n) is 19.4. The molecule has 264 valence electrons. The molecule has 0 saturated heterocycles. The minimum Gasteiger partial charge on any atom is -0.252 e. The molecule has 0 aliphatic carbocycles. The number of nitrogens with zero attached hydrogens (tertiary/aromatic N) is 2.